The number of halogens is 1. The third kappa shape index (κ3) is 2.63. The van der Waals surface area contributed by atoms with Crippen LogP contribution >= 0.6 is 15.9 Å². The summed E-state index contributed by atoms with van der Waals surface area (Å²) < 4.78 is 1.01. The van der Waals surface area contributed by atoms with Gasteiger partial charge in [0.25, 0.3) is 5.91 Å². The van der Waals surface area contributed by atoms with Crippen LogP contribution in [0.4, 0.5) is 0 Å². The molecule has 2 fully saturated rings. The van der Waals surface area contributed by atoms with Gasteiger partial charge in [-0.25, -0.2) is 0 Å². The lowest BCUT2D eigenvalue weighted by atomic mass is 10.1. The van der Waals surface area contributed by atoms with Gasteiger partial charge in [0, 0.05) is 29.2 Å². The molecule has 0 radical (unpaired) electrons. The zero-order chi connectivity index (χ0) is 14.1. The number of carbonyl (C=O) groups excluding carboxylic acids is 1. The number of nitrogens with zero attached hydrogens (tertiary/aromatic N) is 2. The third-order valence-electron chi connectivity index (χ3n) is 4.61. The summed E-state index contributed by atoms with van der Waals surface area (Å²) in [5.41, 5.74) is 1.88. The smallest absolute Gasteiger partial charge is 0.254 e. The van der Waals surface area contributed by atoms with E-state index >= 15 is 0 Å². The average molecular weight is 337 g/mol. The molecule has 2 saturated heterocycles. The van der Waals surface area contributed by atoms with Crippen LogP contribution in [-0.2, 0) is 0 Å². The molecule has 20 heavy (non-hydrogen) atoms. The van der Waals surface area contributed by atoms with Gasteiger partial charge in [-0.15, -0.1) is 0 Å². The molecule has 3 rings (SSSR count). The molecule has 1 amide bonds. The Kier molecular flexibility index (Phi) is 4.13. The van der Waals surface area contributed by atoms with Crippen molar-refractivity contribution in [1.29, 1.82) is 0 Å². The molecular weight excluding hydrogens is 316 g/mol. The average Bonchev–Trinajstić information content (AvgIpc) is 3.11. The van der Waals surface area contributed by atoms with Gasteiger partial charge in [0.2, 0.25) is 0 Å². The van der Waals surface area contributed by atoms with Crippen molar-refractivity contribution >= 4 is 21.8 Å². The molecule has 1 unspecified atom stereocenters. The number of rotatable bonds is 2. The quantitative estimate of drug-likeness (QED) is 0.828. The summed E-state index contributed by atoms with van der Waals surface area (Å²) in [6.45, 7) is 6.22. The van der Waals surface area contributed by atoms with Gasteiger partial charge >= 0.3 is 0 Å². The van der Waals surface area contributed by atoms with Crippen molar-refractivity contribution in [2.24, 2.45) is 0 Å². The normalized spacial score (nSPS) is 23.5. The van der Waals surface area contributed by atoms with Gasteiger partial charge in [-0.05, 0) is 57.0 Å². The van der Waals surface area contributed by atoms with Crippen molar-refractivity contribution in [2.75, 3.05) is 26.2 Å². The third-order valence-corrected chi connectivity index (χ3v) is 5.46. The molecule has 0 N–H and O–H groups in total. The fourth-order valence-electron chi connectivity index (χ4n) is 3.34. The highest BCUT2D eigenvalue weighted by Crippen LogP contribution is 2.25. The van der Waals surface area contributed by atoms with Crippen molar-refractivity contribution in [3.63, 3.8) is 0 Å². The van der Waals surface area contributed by atoms with E-state index in [1.807, 2.05) is 30.0 Å². The van der Waals surface area contributed by atoms with E-state index in [9.17, 15) is 4.79 Å². The first-order valence-electron chi connectivity index (χ1n) is 7.45. The summed E-state index contributed by atoms with van der Waals surface area (Å²) in [6, 6.07) is 6.45. The predicted molar refractivity (Wildman–Crippen MR) is 84.0 cm³/mol. The van der Waals surface area contributed by atoms with Gasteiger partial charge in [-0.3, -0.25) is 9.69 Å². The highest BCUT2D eigenvalue weighted by atomic mass is 79.9. The second-order valence-corrected chi connectivity index (χ2v) is 6.70. The number of hydrogen-bond acceptors (Lipinski definition) is 2. The van der Waals surface area contributed by atoms with Gasteiger partial charge in [0.15, 0.2) is 0 Å². The first-order chi connectivity index (χ1) is 9.66. The van der Waals surface area contributed by atoms with Gasteiger partial charge < -0.3 is 4.90 Å². The summed E-state index contributed by atoms with van der Waals surface area (Å²) in [6.07, 6.45) is 3.75. The Bertz CT molecular complexity index is 511. The minimum absolute atomic E-state index is 0.186. The second-order valence-electron chi connectivity index (χ2n) is 5.85. The highest BCUT2D eigenvalue weighted by molar-refractivity contribution is 9.10. The van der Waals surface area contributed by atoms with Crippen LogP contribution in [0, 0.1) is 6.92 Å². The van der Waals surface area contributed by atoms with E-state index < -0.39 is 0 Å². The summed E-state index contributed by atoms with van der Waals surface area (Å²) in [4.78, 5) is 17.2. The molecule has 1 aromatic carbocycles. The van der Waals surface area contributed by atoms with Crippen LogP contribution in [-0.4, -0.2) is 47.9 Å². The van der Waals surface area contributed by atoms with E-state index in [-0.39, 0.29) is 5.91 Å². The molecular formula is C16H21BrN2O. The Morgan fingerprint density at radius 2 is 2.00 bits per heavy atom. The summed E-state index contributed by atoms with van der Waals surface area (Å²) in [5.74, 6) is 0.186. The SMILES string of the molecule is Cc1c(Br)cccc1C(=O)N1CCC(N2CCCC2)C1. The predicted octanol–water partition coefficient (Wildman–Crippen LogP) is 3.07. The van der Waals surface area contributed by atoms with Gasteiger partial charge in [-0.1, -0.05) is 22.0 Å². The zero-order valence-electron chi connectivity index (χ0n) is 11.9. The topological polar surface area (TPSA) is 23.6 Å². The zero-order valence-corrected chi connectivity index (χ0v) is 13.5. The molecule has 0 bridgehead atoms. The Balaban J connectivity index is 1.70. The number of hydrogen-bond donors (Lipinski definition) is 0. The second kappa shape index (κ2) is 5.86. The van der Waals surface area contributed by atoms with Crippen LogP contribution in [0.25, 0.3) is 0 Å². The van der Waals surface area contributed by atoms with E-state index in [4.69, 9.17) is 0 Å². The molecule has 0 spiro atoms. The van der Waals surface area contributed by atoms with Crippen molar-refractivity contribution in [3.8, 4) is 0 Å². The van der Waals surface area contributed by atoms with Crippen LogP contribution in [0.3, 0.4) is 0 Å². The first kappa shape index (κ1) is 14.1. The molecule has 108 valence electrons. The van der Waals surface area contributed by atoms with E-state index in [0.717, 1.165) is 35.1 Å². The number of benzene rings is 1. The van der Waals surface area contributed by atoms with Crippen molar-refractivity contribution < 1.29 is 4.79 Å². The largest absolute Gasteiger partial charge is 0.337 e. The number of carbonyl (C=O) groups is 1. The van der Waals surface area contributed by atoms with Crippen LogP contribution < -0.4 is 0 Å². The van der Waals surface area contributed by atoms with Gasteiger partial charge in [-0.2, -0.15) is 0 Å². The Hall–Kier alpha value is -0.870. The van der Waals surface area contributed by atoms with E-state index in [0.29, 0.717) is 6.04 Å². The molecule has 0 aromatic heterocycles. The maximum absolute atomic E-state index is 12.7. The highest BCUT2D eigenvalue weighted by Gasteiger charge is 2.32. The van der Waals surface area contributed by atoms with Crippen molar-refractivity contribution in [3.05, 3.63) is 33.8 Å². The number of amides is 1. The molecule has 4 heteroatoms. The van der Waals surface area contributed by atoms with Crippen LogP contribution in [0.2, 0.25) is 0 Å². The van der Waals surface area contributed by atoms with Crippen LogP contribution in [0.15, 0.2) is 22.7 Å². The van der Waals surface area contributed by atoms with Crippen molar-refractivity contribution in [1.82, 2.24) is 9.80 Å². The molecule has 2 heterocycles. The fourth-order valence-corrected chi connectivity index (χ4v) is 3.71. The minimum atomic E-state index is 0.186. The Morgan fingerprint density at radius 3 is 2.75 bits per heavy atom. The molecule has 0 saturated carbocycles. The summed E-state index contributed by atoms with van der Waals surface area (Å²) in [5, 5.41) is 0. The lowest BCUT2D eigenvalue weighted by Crippen LogP contribution is -2.37. The van der Waals surface area contributed by atoms with Crippen LogP contribution in [0.1, 0.15) is 35.2 Å². The lowest BCUT2D eigenvalue weighted by Gasteiger charge is -2.24. The molecule has 3 nitrogen and oxygen atoms in total. The summed E-state index contributed by atoms with van der Waals surface area (Å²) in [7, 11) is 0. The van der Waals surface area contributed by atoms with E-state index in [2.05, 4.69) is 20.8 Å². The van der Waals surface area contributed by atoms with Gasteiger partial charge in [0.05, 0.1) is 0 Å². The first-order valence-corrected chi connectivity index (χ1v) is 8.24. The van der Waals surface area contributed by atoms with E-state index in [1.54, 1.807) is 0 Å². The standard InChI is InChI=1S/C16H21BrN2O/c1-12-14(5-4-6-15(12)17)16(20)19-10-7-13(11-19)18-8-2-3-9-18/h4-6,13H,2-3,7-11H2,1H3. The number of likely N-dealkylation sites (tertiary alicyclic amines) is 2. The molecule has 2 aliphatic rings. The van der Waals surface area contributed by atoms with Gasteiger partial charge in [0.1, 0.15) is 0 Å². The minimum Gasteiger partial charge on any atom is -0.337 e. The summed E-state index contributed by atoms with van der Waals surface area (Å²) >= 11 is 3.51. The molecule has 1 atom stereocenters. The molecule has 2 aliphatic heterocycles. The molecule has 1 aromatic rings. The maximum atomic E-state index is 12.7. The Labute approximate surface area is 129 Å². The van der Waals surface area contributed by atoms with Crippen LogP contribution in [0.5, 0.6) is 0 Å². The fraction of sp³-hybridized carbons (Fsp3) is 0.562. The Morgan fingerprint density at radius 1 is 1.25 bits per heavy atom. The lowest BCUT2D eigenvalue weighted by molar-refractivity contribution is 0.0779. The van der Waals surface area contributed by atoms with Crippen molar-refractivity contribution in [2.45, 2.75) is 32.2 Å². The monoisotopic (exact) mass is 336 g/mol. The van der Waals surface area contributed by atoms with E-state index in [1.165, 1.54) is 25.9 Å². The maximum Gasteiger partial charge on any atom is 0.254 e. The molecule has 0 aliphatic carbocycles.